The second-order valence-corrected chi connectivity index (χ2v) is 18.9. The number of hydrogen-bond acceptors (Lipinski definition) is 12. The Labute approximate surface area is 379 Å². The highest BCUT2D eigenvalue weighted by Crippen LogP contribution is 2.41. The van der Waals surface area contributed by atoms with Crippen molar-refractivity contribution in [2.24, 2.45) is 17.2 Å². The van der Waals surface area contributed by atoms with Gasteiger partial charge in [0.2, 0.25) is 11.8 Å². The van der Waals surface area contributed by atoms with E-state index < -0.39 is 11.8 Å². The number of carbonyl (C=O) groups excluding carboxylic acids is 4. The molecule has 0 bridgehead atoms. The first kappa shape index (κ1) is 51.9. The number of nitrogens with one attached hydrogen (secondary N) is 9. The minimum Gasteiger partial charge on any atom is -0.370 e. The summed E-state index contributed by atoms with van der Waals surface area (Å²) in [6.07, 6.45) is 4.15. The van der Waals surface area contributed by atoms with Crippen LogP contribution in [-0.2, 0) is 20.4 Å². The van der Waals surface area contributed by atoms with Crippen molar-refractivity contribution in [3.8, 4) is 0 Å². The summed E-state index contributed by atoms with van der Waals surface area (Å²) in [7, 11) is 1.66. The van der Waals surface area contributed by atoms with Crippen LogP contribution >= 0.6 is 23.5 Å². The summed E-state index contributed by atoms with van der Waals surface area (Å²) in [6, 6.07) is 8.86. The zero-order chi connectivity index (χ0) is 46.7. The van der Waals surface area contributed by atoms with Crippen molar-refractivity contribution in [1.82, 2.24) is 25.9 Å². The molecule has 4 amide bonds. The largest absolute Gasteiger partial charge is 0.370 e. The highest BCUT2D eigenvalue weighted by molar-refractivity contribution is 7.99. The number of nitrogens with zero attached hydrogens (tertiary/aromatic N) is 2. The third kappa shape index (κ3) is 17.3. The number of thioether (sulfide) groups is 2. The van der Waals surface area contributed by atoms with E-state index in [1.807, 2.05) is 65.8 Å². The van der Waals surface area contributed by atoms with Crippen LogP contribution in [0.2, 0.25) is 0 Å². The van der Waals surface area contributed by atoms with Gasteiger partial charge >= 0.3 is 0 Å². The molecule has 18 nitrogen and oxygen atoms in total. The Morgan fingerprint density at radius 3 is 1.38 bits per heavy atom. The molecule has 0 spiro atoms. The van der Waals surface area contributed by atoms with Gasteiger partial charge in [0.1, 0.15) is 17.7 Å². The van der Waals surface area contributed by atoms with Crippen molar-refractivity contribution < 1.29 is 19.2 Å². The van der Waals surface area contributed by atoms with E-state index in [0.29, 0.717) is 95.9 Å². The first-order valence-corrected chi connectivity index (χ1v) is 22.9. The summed E-state index contributed by atoms with van der Waals surface area (Å²) in [5.74, 6) is -0.487. The van der Waals surface area contributed by atoms with Crippen LogP contribution in [0, 0.1) is 10.8 Å². The van der Waals surface area contributed by atoms with Crippen LogP contribution in [0.15, 0.2) is 46.5 Å². The second-order valence-electron chi connectivity index (χ2n) is 16.7. The average molecular weight is 907 g/mol. The van der Waals surface area contributed by atoms with Gasteiger partial charge in [0.05, 0.1) is 32.5 Å². The highest BCUT2D eigenvalue weighted by atomic mass is 32.2. The Morgan fingerprint density at radius 1 is 0.619 bits per heavy atom. The maximum Gasteiger partial charge on any atom is 0.274 e. The van der Waals surface area contributed by atoms with Crippen LogP contribution in [0.1, 0.15) is 112 Å². The summed E-state index contributed by atoms with van der Waals surface area (Å²) in [6.45, 7) is 13.9. The standard InChI is InChI=1S/C43H66N14O4S2/c1-42(2,3)26-20-28(54-34(58)12-8-10-16-50-40(46)47)36(62-18-14-44)30(22-26)56-38(60)32-24-33(53-25-52-32)39(61)57-31-23-27(43(4,5)6)21-29(37(31)63-19-15-45)55-35(59)13-9-11-17-51-41(48)49-7/h20-25H,8-19,44-45H2,1-7H3,(H,54,58)(H,55,59)(H,56,60)(H,57,61)(H4,46,47,50)(H3,48,49,51). The maximum atomic E-state index is 14.0. The van der Waals surface area contributed by atoms with Gasteiger partial charge in [-0.3, -0.25) is 30.0 Å². The van der Waals surface area contributed by atoms with E-state index in [2.05, 4.69) is 47.2 Å². The van der Waals surface area contributed by atoms with Crippen LogP contribution in [0.4, 0.5) is 22.7 Å². The molecule has 0 aliphatic rings. The monoisotopic (exact) mass is 906 g/mol. The third-order valence-electron chi connectivity index (χ3n) is 9.34. The molecule has 3 rings (SSSR count). The SMILES string of the molecule is CNC(=N)NCCCCC(=O)Nc1cc(C(C)(C)C)cc(NC(=O)c2cc(C(=O)Nc3cc(C(C)(C)C)cc(NC(=O)CCCCNC(=N)N)c3SCCN)ncn2)c1SCCN. The lowest BCUT2D eigenvalue weighted by molar-refractivity contribution is -0.117. The van der Waals surface area contributed by atoms with E-state index in [1.54, 1.807) is 7.05 Å². The molecule has 1 aromatic heterocycles. The molecule has 0 aliphatic heterocycles. The van der Waals surface area contributed by atoms with Gasteiger partial charge in [0.15, 0.2) is 11.9 Å². The molecule has 2 aromatic carbocycles. The van der Waals surface area contributed by atoms with E-state index in [0.717, 1.165) is 17.5 Å². The van der Waals surface area contributed by atoms with Crippen LogP contribution in [0.3, 0.4) is 0 Å². The summed E-state index contributed by atoms with van der Waals surface area (Å²) in [5, 5.41) is 35.4. The van der Waals surface area contributed by atoms with Crippen molar-refractivity contribution in [3.63, 3.8) is 0 Å². The Balaban J connectivity index is 1.93. The van der Waals surface area contributed by atoms with Crippen molar-refractivity contribution in [3.05, 3.63) is 59.2 Å². The number of aromatic nitrogens is 2. The molecule has 0 saturated heterocycles. The number of nitrogens with two attached hydrogens (primary N) is 3. The Kier molecular flexibility index (Phi) is 20.6. The van der Waals surface area contributed by atoms with E-state index in [4.69, 9.17) is 28.0 Å². The fourth-order valence-corrected chi connectivity index (χ4v) is 7.58. The minimum atomic E-state index is -0.600. The van der Waals surface area contributed by atoms with Gasteiger partial charge in [-0.25, -0.2) is 9.97 Å². The Hall–Kier alpha value is -5.44. The van der Waals surface area contributed by atoms with E-state index in [9.17, 15) is 19.2 Å². The fraction of sp³-hybridized carbons (Fsp3) is 0.488. The van der Waals surface area contributed by atoms with Gasteiger partial charge in [0, 0.05) is 63.6 Å². The van der Waals surface area contributed by atoms with Crippen molar-refractivity contribution >= 4 is 81.8 Å². The fourth-order valence-electron chi connectivity index (χ4n) is 5.88. The number of amides is 4. The lowest BCUT2D eigenvalue weighted by Crippen LogP contribution is -2.34. The summed E-state index contributed by atoms with van der Waals surface area (Å²) in [4.78, 5) is 64.0. The number of carbonyl (C=O) groups is 4. The molecule has 0 saturated carbocycles. The molecule has 0 aliphatic carbocycles. The van der Waals surface area contributed by atoms with E-state index >= 15 is 0 Å². The molecule has 15 N–H and O–H groups in total. The number of anilines is 4. The molecule has 0 unspecified atom stereocenters. The van der Waals surface area contributed by atoms with Crippen molar-refractivity contribution in [2.75, 3.05) is 66.0 Å². The highest BCUT2D eigenvalue weighted by Gasteiger charge is 2.25. The second kappa shape index (κ2) is 25.0. The van der Waals surface area contributed by atoms with Gasteiger partial charge < -0.3 is 54.4 Å². The molecule has 0 fully saturated rings. The van der Waals surface area contributed by atoms with Crippen LogP contribution in [-0.4, -0.2) is 90.2 Å². The first-order chi connectivity index (χ1) is 29.8. The minimum absolute atomic E-state index is 0.0655. The summed E-state index contributed by atoms with van der Waals surface area (Å²) in [5.41, 5.74) is 20.0. The Morgan fingerprint density at radius 2 is 1.02 bits per heavy atom. The number of rotatable bonds is 22. The molecule has 1 heterocycles. The number of unbranched alkanes of at least 4 members (excludes halogenated alkanes) is 2. The van der Waals surface area contributed by atoms with Crippen molar-refractivity contribution in [2.45, 2.75) is 101 Å². The van der Waals surface area contributed by atoms with Crippen LogP contribution < -0.4 is 54.4 Å². The zero-order valence-corrected chi connectivity index (χ0v) is 39.2. The number of hydrogen-bond donors (Lipinski definition) is 12. The third-order valence-corrected chi connectivity index (χ3v) is 11.7. The van der Waals surface area contributed by atoms with Crippen LogP contribution in [0.25, 0.3) is 0 Å². The molecule has 20 heteroatoms. The smallest absolute Gasteiger partial charge is 0.274 e. The summed E-state index contributed by atoms with van der Waals surface area (Å²) < 4.78 is 0. The lowest BCUT2D eigenvalue weighted by atomic mass is 9.86. The maximum absolute atomic E-state index is 14.0. The number of benzene rings is 2. The van der Waals surface area contributed by atoms with Gasteiger partial charge in [-0.15, -0.1) is 23.5 Å². The number of guanidine groups is 2. The molecule has 0 radical (unpaired) electrons. The predicted octanol–water partition coefficient (Wildman–Crippen LogP) is 5.12. The first-order valence-electron chi connectivity index (χ1n) is 20.9. The van der Waals surface area contributed by atoms with Crippen molar-refractivity contribution in [1.29, 1.82) is 10.8 Å². The molecular weight excluding hydrogens is 841 g/mol. The molecule has 3 aromatic rings. The lowest BCUT2D eigenvalue weighted by Gasteiger charge is -2.24. The predicted molar refractivity (Wildman–Crippen MR) is 257 cm³/mol. The van der Waals surface area contributed by atoms with E-state index in [1.165, 1.54) is 29.6 Å². The van der Waals surface area contributed by atoms with Gasteiger partial charge in [-0.05, 0) is 71.9 Å². The molecule has 63 heavy (non-hydrogen) atoms. The van der Waals surface area contributed by atoms with Gasteiger partial charge in [0.25, 0.3) is 11.8 Å². The molecule has 0 atom stereocenters. The zero-order valence-electron chi connectivity index (χ0n) is 37.5. The average Bonchev–Trinajstić information content (AvgIpc) is 3.21. The normalized spacial score (nSPS) is 11.3. The molecule has 344 valence electrons. The van der Waals surface area contributed by atoms with Gasteiger partial charge in [-0.1, -0.05) is 41.5 Å². The van der Waals surface area contributed by atoms with E-state index in [-0.39, 0.29) is 58.8 Å². The Bertz CT molecular complexity index is 2090. The van der Waals surface area contributed by atoms with Crippen LogP contribution in [0.5, 0.6) is 0 Å². The van der Waals surface area contributed by atoms with Gasteiger partial charge in [-0.2, -0.15) is 0 Å². The quantitative estimate of drug-likeness (QED) is 0.0270. The summed E-state index contributed by atoms with van der Waals surface area (Å²) >= 11 is 2.79. The molecular formula is C43H66N14O4S2. The topological polar surface area (TPSA) is 304 Å².